The molecule has 0 saturated carbocycles. The molecule has 1 unspecified atom stereocenters. The number of amides is 1. The standard InChI is InChI=1S/C11H10BrNO4/c12-7-2-1-3-8(6-7)13-5-4-9(10(14)15)17-11(13)16/h1-3,6,9H,4-5H2,(H,14,15). The van der Waals surface area contributed by atoms with Gasteiger partial charge in [0, 0.05) is 23.1 Å². The second-order valence-corrected chi connectivity index (χ2v) is 4.55. The van der Waals surface area contributed by atoms with Crippen LogP contribution in [0.4, 0.5) is 10.5 Å². The molecule has 0 spiro atoms. The average molecular weight is 300 g/mol. The topological polar surface area (TPSA) is 66.8 Å². The van der Waals surface area contributed by atoms with E-state index < -0.39 is 18.2 Å². The summed E-state index contributed by atoms with van der Waals surface area (Å²) in [7, 11) is 0. The van der Waals surface area contributed by atoms with Gasteiger partial charge in [0.2, 0.25) is 6.10 Å². The molecule has 0 radical (unpaired) electrons. The molecule has 17 heavy (non-hydrogen) atoms. The molecule has 0 aliphatic carbocycles. The number of rotatable bonds is 2. The molecule has 1 aliphatic rings. The predicted octanol–water partition coefficient (Wildman–Crippen LogP) is 2.25. The number of hydrogen-bond donors (Lipinski definition) is 1. The second-order valence-electron chi connectivity index (χ2n) is 3.63. The van der Waals surface area contributed by atoms with Gasteiger partial charge in [0.1, 0.15) is 0 Å². The average Bonchev–Trinajstić information content (AvgIpc) is 2.28. The van der Waals surface area contributed by atoms with E-state index in [9.17, 15) is 9.59 Å². The lowest BCUT2D eigenvalue weighted by atomic mass is 10.2. The molecule has 1 aromatic rings. The number of aliphatic carboxylic acids is 1. The molecule has 1 saturated heterocycles. The Morgan fingerprint density at radius 3 is 2.88 bits per heavy atom. The van der Waals surface area contributed by atoms with Crippen LogP contribution in [-0.2, 0) is 9.53 Å². The molecule has 2 rings (SSSR count). The smallest absolute Gasteiger partial charge is 0.415 e. The predicted molar refractivity (Wildman–Crippen MR) is 64.0 cm³/mol. The van der Waals surface area contributed by atoms with E-state index in [1.807, 2.05) is 6.07 Å². The fourth-order valence-corrected chi connectivity index (χ4v) is 2.02. The first-order chi connectivity index (χ1) is 8.08. The van der Waals surface area contributed by atoms with Crippen molar-refractivity contribution >= 4 is 33.7 Å². The molecule has 5 nitrogen and oxygen atoms in total. The first kappa shape index (κ1) is 11.9. The molecule has 1 N–H and O–H groups in total. The van der Waals surface area contributed by atoms with Gasteiger partial charge in [-0.2, -0.15) is 0 Å². The quantitative estimate of drug-likeness (QED) is 0.909. The van der Waals surface area contributed by atoms with E-state index in [1.54, 1.807) is 18.2 Å². The number of carbonyl (C=O) groups excluding carboxylic acids is 1. The van der Waals surface area contributed by atoms with Crippen LogP contribution in [0, 0.1) is 0 Å². The van der Waals surface area contributed by atoms with E-state index in [2.05, 4.69) is 15.9 Å². The first-order valence-electron chi connectivity index (χ1n) is 5.04. The van der Waals surface area contributed by atoms with Crippen LogP contribution in [0.2, 0.25) is 0 Å². The van der Waals surface area contributed by atoms with Crippen molar-refractivity contribution in [3.63, 3.8) is 0 Å². The van der Waals surface area contributed by atoms with Crippen LogP contribution in [0.3, 0.4) is 0 Å². The number of anilines is 1. The minimum absolute atomic E-state index is 0.285. The Balaban J connectivity index is 2.15. The van der Waals surface area contributed by atoms with Gasteiger partial charge in [-0.3, -0.25) is 4.90 Å². The summed E-state index contributed by atoms with van der Waals surface area (Å²) in [6, 6.07) is 7.20. The maximum atomic E-state index is 11.6. The Morgan fingerprint density at radius 1 is 1.53 bits per heavy atom. The minimum Gasteiger partial charge on any atom is -0.479 e. The van der Waals surface area contributed by atoms with Crippen molar-refractivity contribution in [3.05, 3.63) is 28.7 Å². The van der Waals surface area contributed by atoms with Gasteiger partial charge in [0.15, 0.2) is 0 Å². The lowest BCUT2D eigenvalue weighted by Crippen LogP contribution is -2.44. The maximum Gasteiger partial charge on any atom is 0.415 e. The summed E-state index contributed by atoms with van der Waals surface area (Å²) in [4.78, 5) is 23.8. The Kier molecular flexibility index (Phi) is 3.33. The molecular formula is C11H10BrNO4. The van der Waals surface area contributed by atoms with E-state index >= 15 is 0 Å². The largest absolute Gasteiger partial charge is 0.479 e. The van der Waals surface area contributed by atoms with Crippen molar-refractivity contribution in [3.8, 4) is 0 Å². The summed E-state index contributed by atoms with van der Waals surface area (Å²) in [5, 5.41) is 8.75. The summed E-state index contributed by atoms with van der Waals surface area (Å²) in [5.41, 5.74) is 0.688. The molecule has 0 bridgehead atoms. The first-order valence-corrected chi connectivity index (χ1v) is 5.84. The SMILES string of the molecule is O=C(O)C1CCN(c2cccc(Br)c2)C(=O)O1. The summed E-state index contributed by atoms with van der Waals surface area (Å²) < 4.78 is 5.68. The fourth-order valence-electron chi connectivity index (χ4n) is 1.63. The molecule has 6 heteroatoms. The van der Waals surface area contributed by atoms with E-state index in [0.29, 0.717) is 12.2 Å². The van der Waals surface area contributed by atoms with Gasteiger partial charge in [-0.05, 0) is 18.2 Å². The number of hydrogen-bond acceptors (Lipinski definition) is 3. The molecule has 1 atom stereocenters. The zero-order chi connectivity index (χ0) is 12.4. The molecule has 1 heterocycles. The highest BCUT2D eigenvalue weighted by atomic mass is 79.9. The van der Waals surface area contributed by atoms with Crippen LogP contribution in [0.5, 0.6) is 0 Å². The van der Waals surface area contributed by atoms with E-state index in [4.69, 9.17) is 9.84 Å². The maximum absolute atomic E-state index is 11.6. The Morgan fingerprint density at radius 2 is 2.29 bits per heavy atom. The highest BCUT2D eigenvalue weighted by Crippen LogP contribution is 2.24. The van der Waals surface area contributed by atoms with Gasteiger partial charge in [0.05, 0.1) is 0 Å². The van der Waals surface area contributed by atoms with Crippen molar-refractivity contribution < 1.29 is 19.4 Å². The Labute approximate surface area is 106 Å². The number of carboxylic acid groups (broad SMARTS) is 1. The minimum atomic E-state index is -1.10. The van der Waals surface area contributed by atoms with Crippen LogP contribution >= 0.6 is 15.9 Å². The summed E-state index contributed by atoms with van der Waals surface area (Å²) in [6.07, 6.45) is -1.37. The van der Waals surface area contributed by atoms with E-state index in [0.717, 1.165) is 4.47 Å². The summed E-state index contributed by atoms with van der Waals surface area (Å²) in [6.45, 7) is 0.340. The summed E-state index contributed by atoms with van der Waals surface area (Å²) in [5.74, 6) is -1.10. The van der Waals surface area contributed by atoms with Crippen LogP contribution in [0.25, 0.3) is 0 Å². The number of benzene rings is 1. The van der Waals surface area contributed by atoms with Gasteiger partial charge >= 0.3 is 12.1 Å². The number of carboxylic acids is 1. The van der Waals surface area contributed by atoms with E-state index in [1.165, 1.54) is 4.90 Å². The highest BCUT2D eigenvalue weighted by Gasteiger charge is 2.32. The molecule has 0 aromatic heterocycles. The van der Waals surface area contributed by atoms with Crippen LogP contribution in [0.15, 0.2) is 28.7 Å². The Bertz CT molecular complexity index is 463. The third kappa shape index (κ3) is 2.58. The van der Waals surface area contributed by atoms with Crippen LogP contribution in [-0.4, -0.2) is 29.8 Å². The number of carbonyl (C=O) groups is 2. The molecule has 1 aromatic carbocycles. The molecular weight excluding hydrogens is 290 g/mol. The fraction of sp³-hybridized carbons (Fsp3) is 0.273. The van der Waals surface area contributed by atoms with Crippen molar-refractivity contribution in [2.45, 2.75) is 12.5 Å². The van der Waals surface area contributed by atoms with Crippen LogP contribution in [0.1, 0.15) is 6.42 Å². The van der Waals surface area contributed by atoms with Crippen molar-refractivity contribution in [1.82, 2.24) is 0 Å². The lowest BCUT2D eigenvalue weighted by molar-refractivity contribution is -0.147. The van der Waals surface area contributed by atoms with Gasteiger partial charge in [-0.1, -0.05) is 22.0 Å². The second kappa shape index (κ2) is 4.75. The molecule has 1 aliphatic heterocycles. The normalized spacial score (nSPS) is 19.9. The van der Waals surface area contributed by atoms with E-state index in [-0.39, 0.29) is 6.42 Å². The summed E-state index contributed by atoms with van der Waals surface area (Å²) >= 11 is 3.31. The van der Waals surface area contributed by atoms with Gasteiger partial charge < -0.3 is 9.84 Å². The third-order valence-electron chi connectivity index (χ3n) is 2.47. The van der Waals surface area contributed by atoms with Crippen LogP contribution < -0.4 is 4.90 Å². The monoisotopic (exact) mass is 299 g/mol. The number of cyclic esters (lactones) is 1. The third-order valence-corrected chi connectivity index (χ3v) is 2.97. The number of halogens is 1. The highest BCUT2D eigenvalue weighted by molar-refractivity contribution is 9.10. The van der Waals surface area contributed by atoms with Gasteiger partial charge in [-0.15, -0.1) is 0 Å². The molecule has 1 amide bonds. The van der Waals surface area contributed by atoms with Crippen molar-refractivity contribution in [2.75, 3.05) is 11.4 Å². The zero-order valence-corrected chi connectivity index (χ0v) is 10.4. The zero-order valence-electron chi connectivity index (χ0n) is 8.80. The molecule has 90 valence electrons. The van der Waals surface area contributed by atoms with Crippen molar-refractivity contribution in [2.24, 2.45) is 0 Å². The number of ether oxygens (including phenoxy) is 1. The van der Waals surface area contributed by atoms with Gasteiger partial charge in [0.25, 0.3) is 0 Å². The number of nitrogens with zero attached hydrogens (tertiary/aromatic N) is 1. The Hall–Kier alpha value is -1.56. The van der Waals surface area contributed by atoms with Gasteiger partial charge in [-0.25, -0.2) is 9.59 Å². The molecule has 1 fully saturated rings. The van der Waals surface area contributed by atoms with Crippen molar-refractivity contribution in [1.29, 1.82) is 0 Å². The lowest BCUT2D eigenvalue weighted by Gasteiger charge is -2.29.